The number of likely N-dealkylation sites (tertiary alicyclic amines) is 1. The lowest BCUT2D eigenvalue weighted by molar-refractivity contribution is -0.129. The van der Waals surface area contributed by atoms with Crippen LogP contribution in [0.5, 0.6) is 11.5 Å². The number of hydrogen-bond donors (Lipinski definition) is 1. The summed E-state index contributed by atoms with van der Waals surface area (Å²) >= 11 is 0. The SMILES string of the molecule is O=C(/C=C/c1ccc2c(c1)OCO2)N1C[C@@H]2CNC[C@@H](C2)C1. The van der Waals surface area contributed by atoms with Gasteiger partial charge in [0.15, 0.2) is 11.5 Å². The topological polar surface area (TPSA) is 50.8 Å². The zero-order chi connectivity index (χ0) is 14.9. The third-order valence-electron chi connectivity index (χ3n) is 4.62. The second-order valence-electron chi connectivity index (χ2n) is 6.32. The van der Waals surface area contributed by atoms with Crippen molar-refractivity contribution >= 4 is 12.0 Å². The van der Waals surface area contributed by atoms with E-state index < -0.39 is 0 Å². The normalized spacial score (nSPS) is 26.5. The Labute approximate surface area is 129 Å². The molecular formula is C17H20N2O3. The van der Waals surface area contributed by atoms with Crippen molar-refractivity contribution in [3.63, 3.8) is 0 Å². The van der Waals surface area contributed by atoms with Gasteiger partial charge in [0, 0.05) is 19.2 Å². The predicted octanol–water partition coefficient (Wildman–Crippen LogP) is 1.50. The van der Waals surface area contributed by atoms with Crippen LogP contribution in [0.3, 0.4) is 0 Å². The number of hydrogen-bond acceptors (Lipinski definition) is 4. The first-order valence-corrected chi connectivity index (χ1v) is 7.85. The van der Waals surface area contributed by atoms with E-state index in [0.29, 0.717) is 11.8 Å². The van der Waals surface area contributed by atoms with Crippen LogP contribution >= 0.6 is 0 Å². The lowest BCUT2D eigenvalue weighted by Crippen LogP contribution is -2.52. The summed E-state index contributed by atoms with van der Waals surface area (Å²) in [4.78, 5) is 14.4. The molecule has 2 bridgehead atoms. The highest BCUT2D eigenvalue weighted by atomic mass is 16.7. The van der Waals surface area contributed by atoms with Gasteiger partial charge < -0.3 is 19.7 Å². The van der Waals surface area contributed by atoms with Crippen LogP contribution in [0.4, 0.5) is 0 Å². The molecule has 2 saturated heterocycles. The molecule has 1 amide bonds. The molecule has 0 unspecified atom stereocenters. The summed E-state index contributed by atoms with van der Waals surface area (Å²) in [7, 11) is 0. The smallest absolute Gasteiger partial charge is 0.246 e. The molecule has 1 aromatic carbocycles. The van der Waals surface area contributed by atoms with Gasteiger partial charge in [-0.3, -0.25) is 4.79 Å². The number of carbonyl (C=O) groups excluding carboxylic acids is 1. The van der Waals surface area contributed by atoms with Crippen LogP contribution in [0, 0.1) is 11.8 Å². The third kappa shape index (κ3) is 2.68. The number of fused-ring (bicyclic) bond motifs is 3. The summed E-state index contributed by atoms with van der Waals surface area (Å²) in [5, 5.41) is 3.45. The van der Waals surface area contributed by atoms with Crippen LogP contribution in [-0.2, 0) is 4.79 Å². The minimum absolute atomic E-state index is 0.106. The highest BCUT2D eigenvalue weighted by Gasteiger charge is 2.31. The summed E-state index contributed by atoms with van der Waals surface area (Å²) in [6.07, 6.45) is 4.78. The second kappa shape index (κ2) is 5.65. The maximum absolute atomic E-state index is 12.4. The number of carbonyl (C=O) groups is 1. The summed E-state index contributed by atoms with van der Waals surface area (Å²) < 4.78 is 10.6. The Morgan fingerprint density at radius 3 is 2.77 bits per heavy atom. The van der Waals surface area contributed by atoms with Gasteiger partial charge in [0.05, 0.1) is 0 Å². The summed E-state index contributed by atoms with van der Waals surface area (Å²) in [6.45, 7) is 4.08. The van der Waals surface area contributed by atoms with Crippen LogP contribution in [0.25, 0.3) is 6.08 Å². The van der Waals surface area contributed by atoms with Crippen molar-refractivity contribution in [3.05, 3.63) is 29.8 Å². The first-order chi connectivity index (χ1) is 10.8. The van der Waals surface area contributed by atoms with Gasteiger partial charge in [0.2, 0.25) is 12.7 Å². The van der Waals surface area contributed by atoms with E-state index in [2.05, 4.69) is 5.32 Å². The Hall–Kier alpha value is -2.01. The van der Waals surface area contributed by atoms with Crippen LogP contribution in [0.15, 0.2) is 24.3 Å². The molecule has 0 aromatic heterocycles. The van der Waals surface area contributed by atoms with E-state index in [1.165, 1.54) is 6.42 Å². The van der Waals surface area contributed by atoms with Crippen molar-refractivity contribution in [3.8, 4) is 11.5 Å². The monoisotopic (exact) mass is 300 g/mol. The Morgan fingerprint density at radius 2 is 1.95 bits per heavy atom. The minimum Gasteiger partial charge on any atom is -0.454 e. The van der Waals surface area contributed by atoms with Crippen LogP contribution in [-0.4, -0.2) is 43.8 Å². The first-order valence-electron chi connectivity index (χ1n) is 7.85. The number of nitrogens with zero attached hydrogens (tertiary/aromatic N) is 1. The lowest BCUT2D eigenvalue weighted by Gasteiger charge is -2.41. The number of ether oxygens (including phenoxy) is 2. The zero-order valence-corrected chi connectivity index (χ0v) is 12.5. The molecule has 2 atom stereocenters. The van der Waals surface area contributed by atoms with Crippen molar-refractivity contribution in [1.29, 1.82) is 0 Å². The molecule has 0 radical (unpaired) electrons. The van der Waals surface area contributed by atoms with Gasteiger partial charge in [-0.05, 0) is 55.1 Å². The highest BCUT2D eigenvalue weighted by Crippen LogP contribution is 2.32. The van der Waals surface area contributed by atoms with Crippen LogP contribution in [0.2, 0.25) is 0 Å². The summed E-state index contributed by atoms with van der Waals surface area (Å²) in [6, 6.07) is 5.72. The molecule has 3 aliphatic heterocycles. The zero-order valence-electron chi connectivity index (χ0n) is 12.5. The van der Waals surface area contributed by atoms with E-state index in [4.69, 9.17) is 9.47 Å². The molecule has 5 nitrogen and oxygen atoms in total. The molecule has 0 saturated carbocycles. The fourth-order valence-corrected chi connectivity index (χ4v) is 3.58. The predicted molar refractivity (Wildman–Crippen MR) is 82.6 cm³/mol. The van der Waals surface area contributed by atoms with Crippen molar-refractivity contribution < 1.29 is 14.3 Å². The lowest BCUT2D eigenvalue weighted by atomic mass is 9.86. The standard InChI is InChI=1S/C17H20N2O3/c20-17(19-9-13-5-14(10-19)8-18-7-13)4-2-12-1-3-15-16(6-12)22-11-21-15/h1-4,6,13-14,18H,5,7-11H2/b4-2+/t13-,14+. The van der Waals surface area contributed by atoms with Crippen LogP contribution in [0.1, 0.15) is 12.0 Å². The Morgan fingerprint density at radius 1 is 1.18 bits per heavy atom. The Balaban J connectivity index is 1.43. The molecule has 2 fully saturated rings. The molecule has 0 spiro atoms. The average Bonchev–Trinajstić information content (AvgIpc) is 2.99. The second-order valence-corrected chi connectivity index (χ2v) is 6.32. The quantitative estimate of drug-likeness (QED) is 0.841. The minimum atomic E-state index is 0.106. The van der Waals surface area contributed by atoms with Gasteiger partial charge >= 0.3 is 0 Å². The highest BCUT2D eigenvalue weighted by molar-refractivity contribution is 5.92. The summed E-state index contributed by atoms with van der Waals surface area (Å²) in [5.74, 6) is 2.83. The Bertz CT molecular complexity index is 602. The van der Waals surface area contributed by atoms with E-state index in [1.54, 1.807) is 6.08 Å². The van der Waals surface area contributed by atoms with Gasteiger partial charge in [-0.1, -0.05) is 6.07 Å². The molecule has 0 aliphatic carbocycles. The van der Waals surface area contributed by atoms with E-state index in [1.807, 2.05) is 29.2 Å². The third-order valence-corrected chi connectivity index (χ3v) is 4.62. The number of piperidine rings is 2. The molecular weight excluding hydrogens is 280 g/mol. The first kappa shape index (κ1) is 13.6. The fourth-order valence-electron chi connectivity index (χ4n) is 3.58. The molecule has 5 heteroatoms. The summed E-state index contributed by atoms with van der Waals surface area (Å²) in [5.41, 5.74) is 0.955. The Kier molecular flexibility index (Phi) is 3.50. The molecule has 1 aromatic rings. The van der Waals surface area contributed by atoms with Gasteiger partial charge in [-0.2, -0.15) is 0 Å². The number of rotatable bonds is 2. The molecule has 4 rings (SSSR count). The number of amides is 1. The molecule has 22 heavy (non-hydrogen) atoms. The van der Waals surface area contributed by atoms with E-state index in [9.17, 15) is 4.79 Å². The average molecular weight is 300 g/mol. The van der Waals surface area contributed by atoms with E-state index in [-0.39, 0.29) is 12.7 Å². The van der Waals surface area contributed by atoms with E-state index in [0.717, 1.165) is 43.2 Å². The van der Waals surface area contributed by atoms with Crippen molar-refractivity contribution in [2.24, 2.45) is 11.8 Å². The molecule has 3 aliphatic rings. The van der Waals surface area contributed by atoms with Crippen molar-refractivity contribution in [2.45, 2.75) is 6.42 Å². The van der Waals surface area contributed by atoms with Gasteiger partial charge in [-0.25, -0.2) is 0 Å². The van der Waals surface area contributed by atoms with Gasteiger partial charge in [0.1, 0.15) is 0 Å². The fraction of sp³-hybridized carbons (Fsp3) is 0.471. The van der Waals surface area contributed by atoms with Gasteiger partial charge in [-0.15, -0.1) is 0 Å². The van der Waals surface area contributed by atoms with Crippen molar-refractivity contribution in [2.75, 3.05) is 33.0 Å². The van der Waals surface area contributed by atoms with E-state index >= 15 is 0 Å². The molecule has 1 N–H and O–H groups in total. The maximum atomic E-state index is 12.4. The van der Waals surface area contributed by atoms with Gasteiger partial charge in [0.25, 0.3) is 0 Å². The van der Waals surface area contributed by atoms with Crippen molar-refractivity contribution in [1.82, 2.24) is 10.2 Å². The molecule has 116 valence electrons. The number of benzene rings is 1. The number of nitrogens with one attached hydrogen (secondary N) is 1. The largest absolute Gasteiger partial charge is 0.454 e. The van der Waals surface area contributed by atoms with Crippen LogP contribution < -0.4 is 14.8 Å². The maximum Gasteiger partial charge on any atom is 0.246 e. The molecule has 3 heterocycles.